The zero-order valence-corrected chi connectivity index (χ0v) is 15.5. The maximum atomic E-state index is 5.11. The third-order valence-electron chi connectivity index (χ3n) is 5.13. The summed E-state index contributed by atoms with van der Waals surface area (Å²) in [4.78, 5) is 5.11. The fraction of sp³-hybridized carbons (Fsp3) is 0.526. The lowest BCUT2D eigenvalue weighted by Gasteiger charge is -2.18. The van der Waals surface area contributed by atoms with Crippen LogP contribution in [0.25, 0.3) is 22.5 Å². The molecule has 0 fully saturated rings. The lowest BCUT2D eigenvalue weighted by molar-refractivity contribution is 0.707. The fourth-order valence-corrected chi connectivity index (χ4v) is 3.88. The van der Waals surface area contributed by atoms with Gasteiger partial charge in [0, 0.05) is 30.1 Å². The molecule has 3 aromatic rings. The monoisotopic (exact) mass is 351 g/mol. The molecule has 1 N–H and O–H groups in total. The van der Waals surface area contributed by atoms with Crippen molar-refractivity contribution in [3.63, 3.8) is 0 Å². The second-order valence-corrected chi connectivity index (χ2v) is 7.04. The lowest BCUT2D eigenvalue weighted by Crippen LogP contribution is -2.07. The number of fused-ring (bicyclic) bond motifs is 1. The molecule has 1 aliphatic rings. The lowest BCUT2D eigenvalue weighted by atomic mass is 9.90. The molecule has 0 unspecified atom stereocenters. The van der Waals surface area contributed by atoms with Crippen LogP contribution in [-0.4, -0.2) is 35.4 Å². The van der Waals surface area contributed by atoms with Crippen molar-refractivity contribution in [2.45, 2.75) is 58.3 Å². The average Bonchev–Trinajstić information content (AvgIpc) is 3.26. The standard InChI is InChI=1S/C19H25N7/c1-3-4-9-16-18(19-22-24-25-23-19)17(13-11-20-26(2)12-13)14-8-6-5-7-10-15(14)21-16/h11-12H,3-10H2,1-2H3,(H,22,23,24,25). The number of H-pyrrole nitrogens is 1. The van der Waals surface area contributed by atoms with Crippen molar-refractivity contribution in [2.75, 3.05) is 0 Å². The van der Waals surface area contributed by atoms with Gasteiger partial charge in [-0.15, -0.1) is 10.2 Å². The smallest absolute Gasteiger partial charge is 0.207 e. The molecule has 0 atom stereocenters. The van der Waals surface area contributed by atoms with Crippen molar-refractivity contribution in [3.8, 4) is 22.5 Å². The molecule has 0 radical (unpaired) electrons. The summed E-state index contributed by atoms with van der Waals surface area (Å²) in [7, 11) is 1.95. The Balaban J connectivity index is 2.00. The van der Waals surface area contributed by atoms with Gasteiger partial charge >= 0.3 is 0 Å². The molecule has 26 heavy (non-hydrogen) atoms. The molecule has 7 nitrogen and oxygen atoms in total. The largest absolute Gasteiger partial charge is 0.275 e. The zero-order valence-electron chi connectivity index (χ0n) is 15.5. The molecule has 136 valence electrons. The van der Waals surface area contributed by atoms with E-state index < -0.39 is 0 Å². The minimum Gasteiger partial charge on any atom is -0.275 e. The summed E-state index contributed by atoms with van der Waals surface area (Å²) in [5.41, 5.74) is 7.03. The second-order valence-electron chi connectivity index (χ2n) is 7.04. The predicted molar refractivity (Wildman–Crippen MR) is 99.5 cm³/mol. The topological polar surface area (TPSA) is 85.2 Å². The van der Waals surface area contributed by atoms with Crippen LogP contribution in [0.2, 0.25) is 0 Å². The van der Waals surface area contributed by atoms with Crippen LogP contribution in [-0.2, 0) is 26.3 Å². The van der Waals surface area contributed by atoms with E-state index in [9.17, 15) is 0 Å². The Labute approximate surface area is 153 Å². The first-order chi connectivity index (χ1) is 12.8. The number of aromatic amines is 1. The number of rotatable bonds is 5. The molecule has 0 aromatic carbocycles. The van der Waals surface area contributed by atoms with Gasteiger partial charge in [-0.3, -0.25) is 9.67 Å². The fourth-order valence-electron chi connectivity index (χ4n) is 3.88. The number of unbranched alkanes of at least 4 members (excludes halogenated alkanes) is 1. The Morgan fingerprint density at radius 3 is 2.77 bits per heavy atom. The quantitative estimate of drug-likeness (QED) is 0.713. The van der Waals surface area contributed by atoms with E-state index in [1.54, 1.807) is 0 Å². The number of tetrazole rings is 1. The first kappa shape index (κ1) is 16.9. The maximum Gasteiger partial charge on any atom is 0.207 e. The van der Waals surface area contributed by atoms with E-state index in [1.165, 1.54) is 36.1 Å². The summed E-state index contributed by atoms with van der Waals surface area (Å²) in [6.45, 7) is 2.21. The molecule has 1 aliphatic carbocycles. The molecule has 3 heterocycles. The van der Waals surface area contributed by atoms with Crippen LogP contribution in [0.1, 0.15) is 56.0 Å². The number of nitrogens with zero attached hydrogens (tertiary/aromatic N) is 6. The van der Waals surface area contributed by atoms with Gasteiger partial charge in [-0.25, -0.2) is 0 Å². The Morgan fingerprint density at radius 1 is 1.15 bits per heavy atom. The molecular weight excluding hydrogens is 326 g/mol. The Hall–Kier alpha value is -2.57. The van der Waals surface area contributed by atoms with E-state index in [1.807, 2.05) is 17.9 Å². The number of aryl methyl sites for hydroxylation is 3. The molecule has 0 bridgehead atoms. The number of nitrogens with one attached hydrogen (secondary N) is 1. The molecule has 7 heteroatoms. The SMILES string of the molecule is CCCCc1nc2c(c(-c3cnn(C)c3)c1-c1nn[nH]n1)CCCCC2. The van der Waals surface area contributed by atoms with E-state index in [0.717, 1.165) is 48.9 Å². The first-order valence-electron chi connectivity index (χ1n) is 9.55. The Bertz CT molecular complexity index is 880. The summed E-state index contributed by atoms with van der Waals surface area (Å²) < 4.78 is 1.85. The minimum absolute atomic E-state index is 0.634. The molecule has 0 saturated heterocycles. The summed E-state index contributed by atoms with van der Waals surface area (Å²) in [5, 5.41) is 19.4. The van der Waals surface area contributed by atoms with Gasteiger partial charge in [-0.05, 0) is 49.3 Å². The van der Waals surface area contributed by atoms with E-state index in [0.29, 0.717) is 5.82 Å². The van der Waals surface area contributed by atoms with Gasteiger partial charge in [0.05, 0.1) is 17.5 Å². The molecular formula is C19H25N7. The van der Waals surface area contributed by atoms with Crippen molar-refractivity contribution in [1.29, 1.82) is 0 Å². The van der Waals surface area contributed by atoms with Crippen LogP contribution in [0.15, 0.2) is 12.4 Å². The maximum absolute atomic E-state index is 5.11. The zero-order chi connectivity index (χ0) is 17.9. The van der Waals surface area contributed by atoms with Crippen LogP contribution < -0.4 is 0 Å². The average molecular weight is 351 g/mol. The number of pyridine rings is 1. The number of hydrogen-bond acceptors (Lipinski definition) is 5. The van der Waals surface area contributed by atoms with Crippen molar-refractivity contribution < 1.29 is 0 Å². The Kier molecular flexibility index (Phi) is 4.77. The molecule has 3 aromatic heterocycles. The van der Waals surface area contributed by atoms with Crippen molar-refractivity contribution in [1.82, 2.24) is 35.4 Å². The molecule has 0 spiro atoms. The van der Waals surface area contributed by atoms with Crippen LogP contribution in [0.3, 0.4) is 0 Å². The van der Waals surface area contributed by atoms with Gasteiger partial charge in [0.25, 0.3) is 0 Å². The van der Waals surface area contributed by atoms with Crippen LogP contribution in [0.5, 0.6) is 0 Å². The van der Waals surface area contributed by atoms with Crippen LogP contribution in [0, 0.1) is 0 Å². The normalized spacial score (nSPS) is 14.2. The van der Waals surface area contributed by atoms with Gasteiger partial charge in [-0.2, -0.15) is 10.3 Å². The van der Waals surface area contributed by atoms with Crippen molar-refractivity contribution >= 4 is 0 Å². The minimum atomic E-state index is 0.634. The van der Waals surface area contributed by atoms with Gasteiger partial charge in [-0.1, -0.05) is 19.8 Å². The van der Waals surface area contributed by atoms with E-state index in [-0.39, 0.29) is 0 Å². The highest BCUT2D eigenvalue weighted by molar-refractivity contribution is 5.84. The number of aromatic nitrogens is 7. The number of hydrogen-bond donors (Lipinski definition) is 1. The van der Waals surface area contributed by atoms with E-state index >= 15 is 0 Å². The van der Waals surface area contributed by atoms with Crippen LogP contribution in [0.4, 0.5) is 0 Å². The highest BCUT2D eigenvalue weighted by atomic mass is 15.5. The third kappa shape index (κ3) is 3.13. The molecule has 0 aliphatic heterocycles. The van der Waals surface area contributed by atoms with Gasteiger partial charge in [0.2, 0.25) is 5.82 Å². The molecule has 0 saturated carbocycles. The van der Waals surface area contributed by atoms with Gasteiger partial charge < -0.3 is 0 Å². The van der Waals surface area contributed by atoms with E-state index in [2.05, 4.69) is 38.8 Å². The Morgan fingerprint density at radius 2 is 2.04 bits per heavy atom. The molecule has 4 rings (SSSR count). The molecule has 0 amide bonds. The summed E-state index contributed by atoms with van der Waals surface area (Å²) in [6.07, 6.45) is 12.9. The summed E-state index contributed by atoms with van der Waals surface area (Å²) in [6, 6.07) is 0. The van der Waals surface area contributed by atoms with Crippen molar-refractivity contribution in [2.24, 2.45) is 7.05 Å². The highest BCUT2D eigenvalue weighted by Gasteiger charge is 2.25. The first-order valence-corrected chi connectivity index (χ1v) is 9.55. The van der Waals surface area contributed by atoms with Crippen molar-refractivity contribution in [3.05, 3.63) is 29.3 Å². The second kappa shape index (κ2) is 7.35. The predicted octanol–water partition coefficient (Wildman–Crippen LogP) is 3.27. The van der Waals surface area contributed by atoms with Gasteiger partial charge in [0.15, 0.2) is 0 Å². The summed E-state index contributed by atoms with van der Waals surface area (Å²) >= 11 is 0. The third-order valence-corrected chi connectivity index (χ3v) is 5.13. The van der Waals surface area contributed by atoms with Crippen LogP contribution >= 0.6 is 0 Å². The van der Waals surface area contributed by atoms with Gasteiger partial charge in [0.1, 0.15) is 0 Å². The highest BCUT2D eigenvalue weighted by Crippen LogP contribution is 2.39. The van der Waals surface area contributed by atoms with E-state index in [4.69, 9.17) is 4.98 Å². The summed E-state index contributed by atoms with van der Waals surface area (Å²) in [5.74, 6) is 0.634.